The lowest BCUT2D eigenvalue weighted by Crippen LogP contribution is -2.46. The van der Waals surface area contributed by atoms with Crippen LogP contribution in [0.3, 0.4) is 0 Å². The van der Waals surface area contributed by atoms with Crippen LogP contribution in [0.5, 0.6) is 0 Å². The summed E-state index contributed by atoms with van der Waals surface area (Å²) in [6.07, 6.45) is 4.42. The molecule has 24 heavy (non-hydrogen) atoms. The Labute approximate surface area is 140 Å². The number of likely N-dealkylation sites (tertiary alicyclic amines) is 1. The molecule has 2 atom stereocenters. The van der Waals surface area contributed by atoms with E-state index in [2.05, 4.69) is 25.3 Å². The minimum atomic E-state index is -0.580. The molecule has 2 aromatic heterocycles. The van der Waals surface area contributed by atoms with Crippen molar-refractivity contribution in [3.05, 3.63) is 30.0 Å². The van der Waals surface area contributed by atoms with E-state index in [1.807, 2.05) is 6.92 Å². The largest absolute Gasteiger partial charge is 0.385 e. The number of hydrogen-bond donors (Lipinski definition) is 3. The highest BCUT2D eigenvalue weighted by molar-refractivity contribution is 5.93. The molecule has 3 heterocycles. The fraction of sp³-hybridized carbons (Fsp3) is 0.562. The van der Waals surface area contributed by atoms with Crippen LogP contribution >= 0.6 is 0 Å². The molecule has 0 aliphatic carbocycles. The van der Waals surface area contributed by atoms with E-state index >= 15 is 0 Å². The van der Waals surface area contributed by atoms with Gasteiger partial charge in [0.2, 0.25) is 11.8 Å². The smallest absolute Gasteiger partial charge is 0.243 e. The van der Waals surface area contributed by atoms with Crippen LogP contribution < -0.4 is 5.32 Å². The highest BCUT2D eigenvalue weighted by Gasteiger charge is 2.31. The van der Waals surface area contributed by atoms with Gasteiger partial charge in [0.05, 0.1) is 11.7 Å². The monoisotopic (exact) mass is 333 g/mol. The summed E-state index contributed by atoms with van der Waals surface area (Å²) in [5, 5.41) is 16.9. The lowest BCUT2D eigenvalue weighted by atomic mass is 9.90. The van der Waals surface area contributed by atoms with Gasteiger partial charge in [0.25, 0.3) is 0 Å². The van der Waals surface area contributed by atoms with Crippen molar-refractivity contribution in [2.45, 2.75) is 38.8 Å². The number of carbonyl (C=O) groups excluding carboxylic acids is 1. The molecule has 0 spiro atoms. The summed E-state index contributed by atoms with van der Waals surface area (Å²) in [4.78, 5) is 21.5. The first-order chi connectivity index (χ1) is 11.5. The average molecular weight is 333 g/mol. The zero-order valence-electron chi connectivity index (χ0n) is 13.9. The van der Waals surface area contributed by atoms with Gasteiger partial charge in [-0.15, -0.1) is 0 Å². The molecule has 1 aliphatic rings. The lowest BCUT2D eigenvalue weighted by Gasteiger charge is -2.36. The molecule has 1 aliphatic heterocycles. The van der Waals surface area contributed by atoms with Gasteiger partial charge in [-0.05, 0) is 45.7 Å². The van der Waals surface area contributed by atoms with Gasteiger partial charge in [0, 0.05) is 18.5 Å². The molecule has 8 nitrogen and oxygen atoms in total. The van der Waals surface area contributed by atoms with Gasteiger partial charge in [0.1, 0.15) is 11.9 Å². The second-order valence-corrected chi connectivity index (χ2v) is 6.29. The Bertz CT molecular complexity index is 661. The van der Waals surface area contributed by atoms with Crippen LogP contribution in [0.25, 0.3) is 0 Å². The number of aromatic nitrogens is 3. The number of amides is 1. The number of aromatic amines is 1. The number of H-pyrrole nitrogens is 1. The number of carbonyl (C=O) groups is 1. The van der Waals surface area contributed by atoms with Crippen LogP contribution in [0.2, 0.25) is 0 Å². The summed E-state index contributed by atoms with van der Waals surface area (Å²) >= 11 is 0. The SMILES string of the molecule is Cc1cc(NC(=O)[C@@H](C)N2CCC([C@H](O)c3ncc[nH]3)CC2)on1. The molecule has 0 bridgehead atoms. The first-order valence-electron chi connectivity index (χ1n) is 8.20. The summed E-state index contributed by atoms with van der Waals surface area (Å²) in [5.74, 6) is 1.02. The Kier molecular flexibility index (Phi) is 4.96. The standard InChI is InChI=1S/C16H23N5O3/c1-10-9-13(24-20-10)19-16(23)11(2)21-7-3-12(4-8-21)14(22)15-17-5-6-18-15/h5-6,9,11-12,14,22H,3-4,7-8H2,1-2H3,(H,17,18)(H,19,23)/t11-,14+/m1/s1. The third kappa shape index (κ3) is 3.65. The highest BCUT2D eigenvalue weighted by Crippen LogP contribution is 2.29. The molecular formula is C16H23N5O3. The number of rotatable bonds is 5. The molecular weight excluding hydrogens is 310 g/mol. The number of aryl methyl sites for hydroxylation is 1. The fourth-order valence-corrected chi connectivity index (χ4v) is 3.10. The summed E-state index contributed by atoms with van der Waals surface area (Å²) in [6.45, 7) is 5.19. The van der Waals surface area contributed by atoms with Gasteiger partial charge in [-0.3, -0.25) is 15.0 Å². The topological polar surface area (TPSA) is 107 Å². The van der Waals surface area contributed by atoms with E-state index < -0.39 is 6.10 Å². The van der Waals surface area contributed by atoms with Crippen molar-refractivity contribution in [2.24, 2.45) is 5.92 Å². The number of anilines is 1. The van der Waals surface area contributed by atoms with Crippen molar-refractivity contribution >= 4 is 11.8 Å². The van der Waals surface area contributed by atoms with E-state index in [9.17, 15) is 9.90 Å². The first-order valence-corrected chi connectivity index (χ1v) is 8.20. The Morgan fingerprint density at radius 2 is 2.25 bits per heavy atom. The maximum Gasteiger partial charge on any atom is 0.243 e. The van der Waals surface area contributed by atoms with Crippen molar-refractivity contribution in [3.8, 4) is 0 Å². The van der Waals surface area contributed by atoms with Crippen molar-refractivity contribution in [3.63, 3.8) is 0 Å². The third-order valence-corrected chi connectivity index (χ3v) is 4.62. The van der Waals surface area contributed by atoms with Crippen molar-refractivity contribution in [1.82, 2.24) is 20.0 Å². The van der Waals surface area contributed by atoms with Gasteiger partial charge in [-0.1, -0.05) is 5.16 Å². The van der Waals surface area contributed by atoms with Crippen LogP contribution in [0.4, 0.5) is 5.88 Å². The van der Waals surface area contributed by atoms with E-state index in [4.69, 9.17) is 4.52 Å². The molecule has 1 amide bonds. The van der Waals surface area contributed by atoms with Crippen molar-refractivity contribution < 1.29 is 14.4 Å². The first kappa shape index (κ1) is 16.7. The zero-order chi connectivity index (χ0) is 17.1. The number of nitrogens with one attached hydrogen (secondary N) is 2. The van der Waals surface area contributed by atoms with E-state index in [0.717, 1.165) is 31.6 Å². The molecule has 0 radical (unpaired) electrons. The van der Waals surface area contributed by atoms with Crippen molar-refractivity contribution in [2.75, 3.05) is 18.4 Å². The third-order valence-electron chi connectivity index (χ3n) is 4.62. The number of aliphatic hydroxyl groups is 1. The molecule has 1 fully saturated rings. The normalized spacial score (nSPS) is 19.1. The molecule has 2 aromatic rings. The van der Waals surface area contributed by atoms with Gasteiger partial charge in [-0.25, -0.2) is 4.98 Å². The molecule has 1 saturated heterocycles. The molecule has 0 aromatic carbocycles. The Morgan fingerprint density at radius 3 is 2.83 bits per heavy atom. The Morgan fingerprint density at radius 1 is 1.50 bits per heavy atom. The number of hydrogen-bond acceptors (Lipinski definition) is 6. The van der Waals surface area contributed by atoms with E-state index in [1.165, 1.54) is 0 Å². The molecule has 3 N–H and O–H groups in total. The minimum absolute atomic E-state index is 0.115. The van der Waals surface area contributed by atoms with Crippen molar-refractivity contribution in [1.29, 1.82) is 0 Å². The fourth-order valence-electron chi connectivity index (χ4n) is 3.10. The zero-order valence-corrected chi connectivity index (χ0v) is 13.9. The number of aliphatic hydroxyl groups excluding tert-OH is 1. The van der Waals surface area contributed by atoms with Crippen LogP contribution in [0.1, 0.15) is 37.4 Å². The molecule has 0 saturated carbocycles. The summed E-state index contributed by atoms with van der Waals surface area (Å²) in [6, 6.07) is 1.42. The highest BCUT2D eigenvalue weighted by atomic mass is 16.5. The number of nitrogens with zero attached hydrogens (tertiary/aromatic N) is 3. The second kappa shape index (κ2) is 7.14. The molecule has 3 rings (SSSR count). The summed E-state index contributed by atoms with van der Waals surface area (Å²) in [5.41, 5.74) is 0.727. The van der Waals surface area contributed by atoms with E-state index in [1.54, 1.807) is 25.4 Å². The maximum absolute atomic E-state index is 12.3. The quantitative estimate of drug-likeness (QED) is 0.765. The minimum Gasteiger partial charge on any atom is -0.385 e. The lowest BCUT2D eigenvalue weighted by molar-refractivity contribution is -0.121. The molecule has 8 heteroatoms. The maximum atomic E-state index is 12.3. The van der Waals surface area contributed by atoms with Gasteiger partial charge < -0.3 is 14.6 Å². The number of imidazole rings is 1. The number of piperidine rings is 1. The Hall–Kier alpha value is -2.19. The Balaban J connectivity index is 1.51. The molecule has 0 unspecified atom stereocenters. The predicted molar refractivity (Wildman–Crippen MR) is 87.2 cm³/mol. The van der Waals surface area contributed by atoms with Crippen LogP contribution in [-0.2, 0) is 4.79 Å². The summed E-state index contributed by atoms with van der Waals surface area (Å²) in [7, 11) is 0. The second-order valence-electron chi connectivity index (χ2n) is 6.29. The van der Waals surface area contributed by atoms with Gasteiger partial charge >= 0.3 is 0 Å². The summed E-state index contributed by atoms with van der Waals surface area (Å²) < 4.78 is 5.02. The molecule has 130 valence electrons. The van der Waals surface area contributed by atoms with E-state index in [-0.39, 0.29) is 17.9 Å². The average Bonchev–Trinajstić information content (AvgIpc) is 3.25. The van der Waals surface area contributed by atoms with Gasteiger partial charge in [-0.2, -0.15) is 0 Å². The van der Waals surface area contributed by atoms with Crippen LogP contribution in [-0.4, -0.2) is 50.2 Å². The van der Waals surface area contributed by atoms with E-state index in [0.29, 0.717) is 11.7 Å². The van der Waals surface area contributed by atoms with Gasteiger partial charge in [0.15, 0.2) is 0 Å². The van der Waals surface area contributed by atoms with Crippen LogP contribution in [0.15, 0.2) is 23.0 Å². The van der Waals surface area contributed by atoms with Crippen LogP contribution in [0, 0.1) is 12.8 Å². The predicted octanol–water partition coefficient (Wildman–Crippen LogP) is 1.48.